The van der Waals surface area contributed by atoms with Crippen LogP contribution in [0.25, 0.3) is 0 Å². The Bertz CT molecular complexity index is 248. The highest BCUT2D eigenvalue weighted by Gasteiger charge is 2.55. The zero-order valence-electron chi connectivity index (χ0n) is 9.15. The number of carbonyl (C=O) groups is 1. The van der Waals surface area contributed by atoms with Crippen LogP contribution in [0, 0.1) is 17.8 Å². The Balaban J connectivity index is 1.60. The van der Waals surface area contributed by atoms with Gasteiger partial charge in [-0.1, -0.05) is 12.8 Å². The van der Waals surface area contributed by atoms with Gasteiger partial charge < -0.3 is 9.64 Å². The average molecular weight is 209 g/mol. The van der Waals surface area contributed by atoms with Crippen molar-refractivity contribution in [2.75, 3.05) is 26.3 Å². The minimum absolute atomic E-state index is 0.394. The fraction of sp³-hybridized carbons (Fsp3) is 0.917. The number of nitrogens with zero attached hydrogens (tertiary/aromatic N) is 1. The normalized spacial score (nSPS) is 39.7. The minimum atomic E-state index is 0.394. The number of hydrogen-bond acceptors (Lipinski definition) is 2. The van der Waals surface area contributed by atoms with Gasteiger partial charge in [-0.25, -0.2) is 0 Å². The lowest BCUT2D eigenvalue weighted by Crippen LogP contribution is -2.41. The van der Waals surface area contributed by atoms with E-state index in [0.29, 0.717) is 11.8 Å². The molecule has 3 aliphatic rings. The van der Waals surface area contributed by atoms with E-state index in [9.17, 15) is 4.79 Å². The molecule has 3 atom stereocenters. The number of amides is 1. The van der Waals surface area contributed by atoms with E-state index >= 15 is 0 Å². The largest absolute Gasteiger partial charge is 0.378 e. The van der Waals surface area contributed by atoms with Gasteiger partial charge in [0.05, 0.1) is 13.2 Å². The highest BCUT2D eigenvalue weighted by molar-refractivity contribution is 5.82. The molecule has 1 amide bonds. The first-order chi connectivity index (χ1) is 7.38. The Morgan fingerprint density at radius 3 is 2.27 bits per heavy atom. The lowest BCUT2D eigenvalue weighted by molar-refractivity contribution is -0.137. The molecule has 0 N–H and O–H groups in total. The molecule has 2 aliphatic carbocycles. The molecule has 3 heteroatoms. The number of morpholine rings is 1. The van der Waals surface area contributed by atoms with Crippen molar-refractivity contribution in [3.8, 4) is 0 Å². The SMILES string of the molecule is O=C(C1[C@H]2CCCC[C@@H]12)N1CCOCC1. The van der Waals surface area contributed by atoms with Gasteiger partial charge in [0, 0.05) is 19.0 Å². The summed E-state index contributed by atoms with van der Waals surface area (Å²) in [7, 11) is 0. The van der Waals surface area contributed by atoms with Gasteiger partial charge in [-0.2, -0.15) is 0 Å². The predicted octanol–water partition coefficient (Wildman–Crippen LogP) is 1.28. The number of rotatable bonds is 1. The molecule has 0 spiro atoms. The van der Waals surface area contributed by atoms with Gasteiger partial charge in [0.1, 0.15) is 0 Å². The molecule has 3 fully saturated rings. The molecule has 2 saturated carbocycles. The van der Waals surface area contributed by atoms with Crippen molar-refractivity contribution in [3.63, 3.8) is 0 Å². The van der Waals surface area contributed by atoms with Gasteiger partial charge in [-0.05, 0) is 24.7 Å². The van der Waals surface area contributed by atoms with Crippen molar-refractivity contribution in [1.82, 2.24) is 4.90 Å². The monoisotopic (exact) mass is 209 g/mol. The first-order valence-corrected chi connectivity index (χ1v) is 6.24. The molecule has 1 unspecified atom stereocenters. The molecule has 3 rings (SSSR count). The van der Waals surface area contributed by atoms with E-state index in [0.717, 1.165) is 38.1 Å². The zero-order valence-corrected chi connectivity index (χ0v) is 9.15. The van der Waals surface area contributed by atoms with Gasteiger partial charge in [-0.3, -0.25) is 4.79 Å². The maximum atomic E-state index is 12.2. The number of hydrogen-bond donors (Lipinski definition) is 0. The Labute approximate surface area is 90.8 Å². The minimum Gasteiger partial charge on any atom is -0.378 e. The predicted molar refractivity (Wildman–Crippen MR) is 56.3 cm³/mol. The van der Waals surface area contributed by atoms with Gasteiger partial charge in [-0.15, -0.1) is 0 Å². The van der Waals surface area contributed by atoms with Crippen molar-refractivity contribution < 1.29 is 9.53 Å². The van der Waals surface area contributed by atoms with Crippen molar-refractivity contribution in [2.24, 2.45) is 17.8 Å². The Morgan fingerprint density at radius 2 is 1.67 bits per heavy atom. The highest BCUT2D eigenvalue weighted by Crippen LogP contribution is 2.56. The molecule has 1 aliphatic heterocycles. The van der Waals surface area contributed by atoms with Crippen LogP contribution >= 0.6 is 0 Å². The summed E-state index contributed by atoms with van der Waals surface area (Å²) >= 11 is 0. The summed E-state index contributed by atoms with van der Waals surface area (Å²) in [6, 6.07) is 0. The fourth-order valence-electron chi connectivity index (χ4n) is 3.35. The summed E-state index contributed by atoms with van der Waals surface area (Å²) in [6.07, 6.45) is 5.28. The average Bonchev–Trinajstić information content (AvgIpc) is 3.03. The molecule has 0 aromatic carbocycles. The third kappa shape index (κ3) is 1.67. The molecule has 1 saturated heterocycles. The van der Waals surface area contributed by atoms with Crippen LogP contribution in [0.5, 0.6) is 0 Å². The maximum Gasteiger partial charge on any atom is 0.226 e. The third-order valence-electron chi connectivity index (χ3n) is 4.26. The fourth-order valence-corrected chi connectivity index (χ4v) is 3.35. The van der Waals surface area contributed by atoms with Crippen LogP contribution in [0.15, 0.2) is 0 Å². The molecule has 0 aromatic heterocycles. The molecule has 0 aromatic rings. The topological polar surface area (TPSA) is 29.5 Å². The van der Waals surface area contributed by atoms with E-state index in [2.05, 4.69) is 0 Å². The van der Waals surface area contributed by atoms with Crippen molar-refractivity contribution >= 4 is 5.91 Å². The van der Waals surface area contributed by atoms with E-state index in [-0.39, 0.29) is 0 Å². The standard InChI is InChI=1S/C12H19NO2/c14-12(13-5-7-15-8-6-13)11-9-3-1-2-4-10(9)11/h9-11H,1-8H2/t9-,10+,11?. The van der Waals surface area contributed by atoms with Crippen LogP contribution < -0.4 is 0 Å². The van der Waals surface area contributed by atoms with Gasteiger partial charge in [0.2, 0.25) is 5.91 Å². The zero-order chi connectivity index (χ0) is 10.3. The summed E-state index contributed by atoms with van der Waals surface area (Å²) in [4.78, 5) is 14.2. The molecular formula is C12H19NO2. The second kappa shape index (κ2) is 3.78. The van der Waals surface area contributed by atoms with E-state index in [1.54, 1.807) is 0 Å². The third-order valence-corrected chi connectivity index (χ3v) is 4.26. The molecule has 84 valence electrons. The van der Waals surface area contributed by atoms with Crippen LogP contribution in [-0.2, 0) is 9.53 Å². The second-order valence-corrected chi connectivity index (χ2v) is 5.08. The van der Waals surface area contributed by atoms with Crippen LogP contribution in [-0.4, -0.2) is 37.1 Å². The second-order valence-electron chi connectivity index (χ2n) is 5.08. The van der Waals surface area contributed by atoms with E-state index < -0.39 is 0 Å². The molecular weight excluding hydrogens is 190 g/mol. The Kier molecular flexibility index (Phi) is 2.43. The van der Waals surface area contributed by atoms with Crippen LogP contribution in [0.2, 0.25) is 0 Å². The first kappa shape index (κ1) is 9.64. The lowest BCUT2D eigenvalue weighted by atomic mass is 10.0. The number of carbonyl (C=O) groups excluding carboxylic acids is 1. The van der Waals surface area contributed by atoms with E-state index in [1.807, 2.05) is 4.90 Å². The van der Waals surface area contributed by atoms with E-state index in [4.69, 9.17) is 4.74 Å². The molecule has 3 nitrogen and oxygen atoms in total. The van der Waals surface area contributed by atoms with E-state index in [1.165, 1.54) is 25.7 Å². The Hall–Kier alpha value is -0.570. The highest BCUT2D eigenvalue weighted by atomic mass is 16.5. The quantitative estimate of drug-likeness (QED) is 0.651. The van der Waals surface area contributed by atoms with Crippen LogP contribution in [0.1, 0.15) is 25.7 Å². The van der Waals surface area contributed by atoms with Crippen molar-refractivity contribution in [3.05, 3.63) is 0 Å². The smallest absolute Gasteiger partial charge is 0.226 e. The van der Waals surface area contributed by atoms with Crippen molar-refractivity contribution in [2.45, 2.75) is 25.7 Å². The maximum absolute atomic E-state index is 12.2. The lowest BCUT2D eigenvalue weighted by Gasteiger charge is -2.27. The molecule has 1 heterocycles. The number of fused-ring (bicyclic) bond motifs is 1. The molecule has 15 heavy (non-hydrogen) atoms. The van der Waals surface area contributed by atoms with Crippen molar-refractivity contribution in [1.29, 1.82) is 0 Å². The van der Waals surface area contributed by atoms with Gasteiger partial charge >= 0.3 is 0 Å². The summed E-state index contributed by atoms with van der Waals surface area (Å²) in [5.41, 5.74) is 0. The summed E-state index contributed by atoms with van der Waals surface area (Å²) in [6.45, 7) is 3.09. The van der Waals surface area contributed by atoms with Gasteiger partial charge in [0.15, 0.2) is 0 Å². The summed E-state index contributed by atoms with van der Waals surface area (Å²) < 4.78 is 5.27. The Morgan fingerprint density at radius 1 is 1.07 bits per heavy atom. The summed E-state index contributed by atoms with van der Waals surface area (Å²) in [5.74, 6) is 2.31. The van der Waals surface area contributed by atoms with Crippen LogP contribution in [0.3, 0.4) is 0 Å². The molecule has 0 bridgehead atoms. The number of ether oxygens (including phenoxy) is 1. The first-order valence-electron chi connectivity index (χ1n) is 6.24. The van der Waals surface area contributed by atoms with Crippen LogP contribution in [0.4, 0.5) is 0 Å². The van der Waals surface area contributed by atoms with Gasteiger partial charge in [0.25, 0.3) is 0 Å². The molecule has 0 radical (unpaired) electrons. The summed E-state index contributed by atoms with van der Waals surface area (Å²) in [5, 5.41) is 0.